The predicted octanol–water partition coefficient (Wildman–Crippen LogP) is 1.28. The molecule has 1 unspecified atom stereocenters. The molecule has 0 N–H and O–H groups in total. The van der Waals surface area contributed by atoms with Crippen molar-refractivity contribution in [2.45, 2.75) is 12.8 Å². The normalized spacial score (nSPS) is 12.0. The Morgan fingerprint density at radius 3 is 2.32 bits per heavy atom. The number of carbonyl (C=O) groups is 3. The summed E-state index contributed by atoms with van der Waals surface area (Å²) in [6.45, 7) is 0. The average Bonchev–Trinajstić information content (AvgIpc) is 2.43. The lowest BCUT2D eigenvalue weighted by Gasteiger charge is -2.12. The molecule has 0 aliphatic carbocycles. The highest BCUT2D eigenvalue weighted by Gasteiger charge is 2.33. The van der Waals surface area contributed by atoms with E-state index < -0.39 is 36.3 Å². The van der Waals surface area contributed by atoms with Crippen LogP contribution in [0.2, 0.25) is 0 Å². The van der Waals surface area contributed by atoms with Crippen LogP contribution in [0.1, 0.15) is 16.8 Å². The van der Waals surface area contributed by atoms with Crippen molar-refractivity contribution in [3.63, 3.8) is 0 Å². The first-order valence-electron chi connectivity index (χ1n) is 5.30. The fourth-order valence-corrected chi connectivity index (χ4v) is 1.43. The topological polar surface area (TPSA) is 73.3 Å². The SMILES string of the molecule is COC(=O)C(CC(=O)C(F)F)C(=O)c1ccncc1. The third-order valence-corrected chi connectivity index (χ3v) is 2.42. The highest BCUT2D eigenvalue weighted by molar-refractivity contribution is 6.10. The molecular weight excluding hydrogens is 260 g/mol. The number of hydrogen-bond donors (Lipinski definition) is 0. The second-order valence-electron chi connectivity index (χ2n) is 3.65. The van der Waals surface area contributed by atoms with Gasteiger partial charge >= 0.3 is 5.97 Å². The average molecular weight is 271 g/mol. The van der Waals surface area contributed by atoms with Crippen molar-refractivity contribution >= 4 is 17.5 Å². The number of ether oxygens (including phenoxy) is 1. The first-order valence-corrected chi connectivity index (χ1v) is 5.30. The molecule has 19 heavy (non-hydrogen) atoms. The maximum Gasteiger partial charge on any atom is 0.317 e. The Balaban J connectivity index is 2.95. The van der Waals surface area contributed by atoms with Crippen molar-refractivity contribution in [1.29, 1.82) is 0 Å². The maximum absolute atomic E-state index is 12.2. The van der Waals surface area contributed by atoms with Crippen LogP contribution in [-0.4, -0.2) is 36.1 Å². The van der Waals surface area contributed by atoms with Gasteiger partial charge < -0.3 is 4.74 Å². The zero-order valence-corrected chi connectivity index (χ0v) is 10.0. The van der Waals surface area contributed by atoms with Crippen LogP contribution >= 0.6 is 0 Å². The van der Waals surface area contributed by atoms with Gasteiger partial charge in [-0.05, 0) is 12.1 Å². The summed E-state index contributed by atoms with van der Waals surface area (Å²) in [7, 11) is 1.02. The zero-order chi connectivity index (χ0) is 14.4. The van der Waals surface area contributed by atoms with E-state index in [0.29, 0.717) is 0 Å². The Bertz CT molecular complexity index is 476. The standard InChI is InChI=1S/C12H11F2NO4/c1-19-12(18)8(6-9(16)11(13)14)10(17)7-2-4-15-5-3-7/h2-5,8,11H,6H2,1H3. The third-order valence-electron chi connectivity index (χ3n) is 2.42. The Hall–Kier alpha value is -2.18. The summed E-state index contributed by atoms with van der Waals surface area (Å²) in [5, 5.41) is 0. The summed E-state index contributed by atoms with van der Waals surface area (Å²) < 4.78 is 28.8. The van der Waals surface area contributed by atoms with Gasteiger partial charge in [0.05, 0.1) is 7.11 Å². The Morgan fingerprint density at radius 2 is 1.84 bits per heavy atom. The van der Waals surface area contributed by atoms with Crippen LogP contribution in [0.3, 0.4) is 0 Å². The molecular formula is C12H11F2NO4. The van der Waals surface area contributed by atoms with Gasteiger partial charge in [0.1, 0.15) is 5.92 Å². The van der Waals surface area contributed by atoms with Crippen molar-refractivity contribution in [2.24, 2.45) is 5.92 Å². The van der Waals surface area contributed by atoms with Crippen LogP contribution < -0.4 is 0 Å². The summed E-state index contributed by atoms with van der Waals surface area (Å²) >= 11 is 0. The lowest BCUT2D eigenvalue weighted by atomic mass is 9.93. The van der Waals surface area contributed by atoms with E-state index >= 15 is 0 Å². The summed E-state index contributed by atoms with van der Waals surface area (Å²) in [6.07, 6.45) is -1.48. The molecule has 5 nitrogen and oxygen atoms in total. The van der Waals surface area contributed by atoms with Crippen molar-refractivity contribution in [1.82, 2.24) is 4.98 Å². The molecule has 0 aromatic carbocycles. The van der Waals surface area contributed by atoms with Crippen LogP contribution in [-0.2, 0) is 14.3 Å². The Labute approximate surface area is 107 Å². The minimum absolute atomic E-state index is 0.104. The molecule has 1 heterocycles. The summed E-state index contributed by atoms with van der Waals surface area (Å²) in [4.78, 5) is 38.1. The van der Waals surface area contributed by atoms with Crippen LogP contribution in [0.15, 0.2) is 24.5 Å². The number of nitrogens with zero attached hydrogens (tertiary/aromatic N) is 1. The van der Waals surface area contributed by atoms with E-state index in [2.05, 4.69) is 9.72 Å². The Kier molecular flexibility index (Phi) is 5.23. The number of carbonyl (C=O) groups excluding carboxylic acids is 3. The van der Waals surface area contributed by atoms with E-state index in [1.807, 2.05) is 0 Å². The number of Topliss-reactive ketones (excluding diaryl/α,β-unsaturated/α-hetero) is 2. The number of alkyl halides is 2. The number of hydrogen-bond acceptors (Lipinski definition) is 5. The van der Waals surface area contributed by atoms with Crippen LogP contribution in [0, 0.1) is 5.92 Å². The van der Waals surface area contributed by atoms with Crippen molar-refractivity contribution in [3.05, 3.63) is 30.1 Å². The molecule has 7 heteroatoms. The predicted molar refractivity (Wildman–Crippen MR) is 59.7 cm³/mol. The molecule has 0 saturated carbocycles. The Morgan fingerprint density at radius 1 is 1.26 bits per heavy atom. The summed E-state index contributed by atoms with van der Waals surface area (Å²) in [5.41, 5.74) is 0.104. The molecule has 1 atom stereocenters. The molecule has 0 radical (unpaired) electrons. The molecule has 0 saturated heterocycles. The van der Waals surface area contributed by atoms with Crippen LogP contribution in [0.4, 0.5) is 8.78 Å². The maximum atomic E-state index is 12.2. The van der Waals surface area contributed by atoms with Gasteiger partial charge in [-0.25, -0.2) is 8.78 Å². The highest BCUT2D eigenvalue weighted by Crippen LogP contribution is 2.16. The van der Waals surface area contributed by atoms with Gasteiger partial charge in [0.15, 0.2) is 11.6 Å². The molecule has 0 fully saturated rings. The second-order valence-corrected chi connectivity index (χ2v) is 3.65. The van der Waals surface area contributed by atoms with E-state index in [-0.39, 0.29) is 5.56 Å². The van der Waals surface area contributed by atoms with E-state index in [0.717, 1.165) is 7.11 Å². The quantitative estimate of drug-likeness (QED) is 0.442. The second kappa shape index (κ2) is 6.67. The van der Waals surface area contributed by atoms with Gasteiger partial charge in [-0.2, -0.15) is 0 Å². The third kappa shape index (κ3) is 3.90. The van der Waals surface area contributed by atoms with Crippen molar-refractivity contribution in [3.8, 4) is 0 Å². The van der Waals surface area contributed by atoms with Crippen LogP contribution in [0.5, 0.6) is 0 Å². The molecule has 102 valence electrons. The van der Waals surface area contributed by atoms with Gasteiger partial charge in [0, 0.05) is 24.4 Å². The molecule has 1 rings (SSSR count). The van der Waals surface area contributed by atoms with E-state index in [1.165, 1.54) is 24.5 Å². The monoisotopic (exact) mass is 271 g/mol. The summed E-state index contributed by atoms with van der Waals surface area (Å²) in [5.74, 6) is -4.80. The minimum Gasteiger partial charge on any atom is -0.468 e. The number of aromatic nitrogens is 1. The fourth-order valence-electron chi connectivity index (χ4n) is 1.43. The molecule has 1 aromatic heterocycles. The van der Waals surface area contributed by atoms with E-state index in [4.69, 9.17) is 0 Å². The first kappa shape index (κ1) is 14.9. The number of pyridine rings is 1. The minimum atomic E-state index is -3.22. The number of halogens is 2. The molecule has 1 aromatic rings. The number of esters is 1. The van der Waals surface area contributed by atoms with Gasteiger partial charge in [0.25, 0.3) is 6.43 Å². The molecule has 0 spiro atoms. The molecule has 0 amide bonds. The van der Waals surface area contributed by atoms with Crippen molar-refractivity contribution in [2.75, 3.05) is 7.11 Å². The van der Waals surface area contributed by atoms with Gasteiger partial charge in [-0.3, -0.25) is 19.4 Å². The van der Waals surface area contributed by atoms with Crippen molar-refractivity contribution < 1.29 is 27.9 Å². The molecule has 0 aliphatic rings. The van der Waals surface area contributed by atoms with Crippen LogP contribution in [0.25, 0.3) is 0 Å². The number of rotatable bonds is 6. The molecule has 0 bridgehead atoms. The molecule has 0 aliphatic heterocycles. The number of ketones is 2. The smallest absolute Gasteiger partial charge is 0.317 e. The largest absolute Gasteiger partial charge is 0.468 e. The lowest BCUT2D eigenvalue weighted by Crippen LogP contribution is -2.29. The van der Waals surface area contributed by atoms with Gasteiger partial charge in [-0.15, -0.1) is 0 Å². The van der Waals surface area contributed by atoms with E-state index in [9.17, 15) is 23.2 Å². The first-order chi connectivity index (χ1) is 8.97. The van der Waals surface area contributed by atoms with Gasteiger partial charge in [-0.1, -0.05) is 0 Å². The lowest BCUT2D eigenvalue weighted by molar-refractivity contribution is -0.146. The fraction of sp³-hybridized carbons (Fsp3) is 0.333. The zero-order valence-electron chi connectivity index (χ0n) is 10.0. The number of methoxy groups -OCH3 is 1. The highest BCUT2D eigenvalue weighted by atomic mass is 19.3. The van der Waals surface area contributed by atoms with E-state index in [1.54, 1.807) is 0 Å². The summed E-state index contributed by atoms with van der Waals surface area (Å²) in [6, 6.07) is 2.65. The van der Waals surface area contributed by atoms with Gasteiger partial charge in [0.2, 0.25) is 0 Å².